The molecule has 0 radical (unpaired) electrons. The van der Waals surface area contributed by atoms with Crippen LogP contribution in [0.15, 0.2) is 164 Å². The van der Waals surface area contributed by atoms with Crippen LogP contribution in [0.3, 0.4) is 0 Å². The highest BCUT2D eigenvalue weighted by Gasteiger charge is 2.51. The lowest BCUT2D eigenvalue weighted by Gasteiger charge is -2.39. The summed E-state index contributed by atoms with van der Waals surface area (Å²) in [5.41, 5.74) is 12.0. The van der Waals surface area contributed by atoms with Gasteiger partial charge >= 0.3 is 0 Å². The van der Waals surface area contributed by atoms with Gasteiger partial charge in [-0.3, -0.25) is 4.57 Å². The Morgan fingerprint density at radius 1 is 0.469 bits per heavy atom. The van der Waals surface area contributed by atoms with Gasteiger partial charge in [0.25, 0.3) is 0 Å². The molecule has 0 saturated carbocycles. The van der Waals surface area contributed by atoms with Gasteiger partial charge in [0.15, 0.2) is 5.65 Å². The van der Waals surface area contributed by atoms with Gasteiger partial charge in [0.1, 0.15) is 17.3 Å². The Labute approximate surface area is 282 Å². The van der Waals surface area contributed by atoms with Gasteiger partial charge in [0, 0.05) is 33.5 Å². The Balaban J connectivity index is 1.29. The van der Waals surface area contributed by atoms with Crippen LogP contribution >= 0.6 is 0 Å². The average molecular weight is 626 g/mol. The number of hydrogen-bond acceptors (Lipinski definition) is 3. The van der Waals surface area contributed by atoms with Crippen LogP contribution in [0.2, 0.25) is 0 Å². The van der Waals surface area contributed by atoms with E-state index in [1.165, 1.54) is 33.0 Å². The first-order valence-electron chi connectivity index (χ1n) is 16.7. The quantitative estimate of drug-likeness (QED) is 0.192. The monoisotopic (exact) mass is 625 g/mol. The Morgan fingerprint density at radius 3 is 1.96 bits per heavy atom. The number of ether oxygens (including phenoxy) is 1. The van der Waals surface area contributed by atoms with Crippen molar-refractivity contribution in [1.29, 1.82) is 0 Å². The zero-order valence-corrected chi connectivity index (χ0v) is 26.3. The largest absolute Gasteiger partial charge is 0.457 e. The summed E-state index contributed by atoms with van der Waals surface area (Å²) >= 11 is 0. The van der Waals surface area contributed by atoms with Gasteiger partial charge in [0.2, 0.25) is 0 Å². The summed E-state index contributed by atoms with van der Waals surface area (Å²) in [5, 5.41) is 3.42. The number of para-hydroxylation sites is 3. The van der Waals surface area contributed by atoms with Gasteiger partial charge in [0.05, 0.1) is 16.4 Å². The highest BCUT2D eigenvalue weighted by Crippen LogP contribution is 2.62. The highest BCUT2D eigenvalue weighted by atomic mass is 16.5. The molecule has 0 N–H and O–H groups in total. The maximum atomic E-state index is 6.60. The molecule has 6 aromatic carbocycles. The van der Waals surface area contributed by atoms with Crippen LogP contribution in [0.4, 0.5) is 0 Å². The van der Waals surface area contributed by atoms with E-state index >= 15 is 0 Å². The van der Waals surface area contributed by atoms with E-state index in [4.69, 9.17) is 14.7 Å². The van der Waals surface area contributed by atoms with E-state index in [-0.39, 0.29) is 0 Å². The van der Waals surface area contributed by atoms with Crippen LogP contribution < -0.4 is 4.74 Å². The van der Waals surface area contributed by atoms with Crippen molar-refractivity contribution in [2.45, 2.75) is 5.41 Å². The van der Waals surface area contributed by atoms with Crippen molar-refractivity contribution < 1.29 is 4.74 Å². The van der Waals surface area contributed by atoms with E-state index in [1.54, 1.807) is 0 Å². The minimum absolute atomic E-state index is 0.555. The Hall–Kier alpha value is -6.52. The first-order chi connectivity index (χ1) is 24.3. The van der Waals surface area contributed by atoms with Crippen LogP contribution in [-0.4, -0.2) is 14.5 Å². The molecule has 49 heavy (non-hydrogen) atoms. The number of pyridine rings is 2. The molecule has 4 heteroatoms. The lowest BCUT2D eigenvalue weighted by Crippen LogP contribution is -2.32. The summed E-state index contributed by atoms with van der Waals surface area (Å²) in [6, 6.07) is 56.3. The number of nitrogens with zero attached hydrogens (tertiary/aromatic N) is 3. The lowest BCUT2D eigenvalue weighted by atomic mass is 9.66. The summed E-state index contributed by atoms with van der Waals surface area (Å²) in [6.45, 7) is 0. The Bertz CT molecular complexity index is 2770. The molecule has 3 aromatic heterocycles. The highest BCUT2D eigenvalue weighted by molar-refractivity contribution is 6.12. The molecular weight excluding hydrogens is 599 g/mol. The van der Waals surface area contributed by atoms with Gasteiger partial charge in [-0.15, -0.1) is 0 Å². The second-order valence-electron chi connectivity index (χ2n) is 12.9. The van der Waals surface area contributed by atoms with E-state index < -0.39 is 5.41 Å². The Morgan fingerprint density at radius 2 is 1.14 bits per heavy atom. The van der Waals surface area contributed by atoms with Crippen molar-refractivity contribution in [3.63, 3.8) is 0 Å². The zero-order valence-electron chi connectivity index (χ0n) is 26.3. The normalized spacial score (nSPS) is 13.6. The number of rotatable bonds is 2. The molecule has 1 aliphatic heterocycles. The van der Waals surface area contributed by atoms with Crippen LogP contribution in [0.25, 0.3) is 60.9 Å². The van der Waals surface area contributed by atoms with Crippen molar-refractivity contribution in [3.8, 4) is 39.6 Å². The lowest BCUT2D eigenvalue weighted by molar-refractivity contribution is 0.436. The predicted octanol–water partition coefficient (Wildman–Crippen LogP) is 10.9. The fourth-order valence-electron chi connectivity index (χ4n) is 8.57. The number of fused-ring (bicyclic) bond motifs is 13. The molecule has 2 aliphatic rings. The van der Waals surface area contributed by atoms with Gasteiger partial charge in [-0.05, 0) is 81.9 Å². The third kappa shape index (κ3) is 3.47. The summed E-state index contributed by atoms with van der Waals surface area (Å²) in [6.07, 6.45) is 1.83. The van der Waals surface area contributed by atoms with Gasteiger partial charge < -0.3 is 4.74 Å². The maximum absolute atomic E-state index is 6.60. The smallest absolute Gasteiger partial charge is 0.162 e. The molecule has 11 rings (SSSR count). The summed E-state index contributed by atoms with van der Waals surface area (Å²) < 4.78 is 8.93. The summed E-state index contributed by atoms with van der Waals surface area (Å²) in [4.78, 5) is 10.0. The van der Waals surface area contributed by atoms with Crippen molar-refractivity contribution in [2.75, 3.05) is 0 Å². The van der Waals surface area contributed by atoms with E-state index in [1.807, 2.05) is 12.3 Å². The fourth-order valence-corrected chi connectivity index (χ4v) is 8.57. The number of benzene rings is 6. The van der Waals surface area contributed by atoms with E-state index in [9.17, 15) is 0 Å². The second kappa shape index (κ2) is 9.75. The van der Waals surface area contributed by atoms with E-state index in [0.29, 0.717) is 0 Å². The third-order valence-electron chi connectivity index (χ3n) is 10.5. The first kappa shape index (κ1) is 26.5. The molecule has 0 atom stereocenters. The molecule has 228 valence electrons. The molecule has 4 nitrogen and oxygen atoms in total. The average Bonchev–Trinajstić information content (AvgIpc) is 3.64. The van der Waals surface area contributed by atoms with Gasteiger partial charge in [-0.25, -0.2) is 9.97 Å². The molecule has 0 bridgehead atoms. The van der Waals surface area contributed by atoms with E-state index in [0.717, 1.165) is 61.6 Å². The molecule has 1 spiro atoms. The fraction of sp³-hybridized carbons (Fsp3) is 0.0222. The van der Waals surface area contributed by atoms with Gasteiger partial charge in [-0.2, -0.15) is 0 Å². The van der Waals surface area contributed by atoms with Crippen molar-refractivity contribution in [2.24, 2.45) is 0 Å². The molecule has 0 unspecified atom stereocenters. The molecule has 0 fully saturated rings. The topological polar surface area (TPSA) is 39.9 Å². The molecule has 1 aliphatic carbocycles. The summed E-state index contributed by atoms with van der Waals surface area (Å²) in [7, 11) is 0. The molecule has 0 saturated heterocycles. The van der Waals surface area contributed by atoms with Crippen LogP contribution in [-0.2, 0) is 5.41 Å². The zero-order chi connectivity index (χ0) is 32.1. The van der Waals surface area contributed by atoms with Crippen LogP contribution in [0.5, 0.6) is 11.5 Å². The first-order valence-corrected chi connectivity index (χ1v) is 16.7. The standard InChI is InChI=1S/C45H27N3O/c1-2-13-28(14-3-1)32-26-43(47-44-31(32)17-12-24-46-44)48-39-21-9-5-16-30(39)34-25-33-29-15-4-6-18-35(29)45(38(33)27-40(34)48)36-19-7-10-22-41(36)49-42-23-11-8-20-37(42)45/h1-27H. The van der Waals surface area contributed by atoms with Crippen LogP contribution in [0.1, 0.15) is 22.3 Å². The van der Waals surface area contributed by atoms with Gasteiger partial charge in [-0.1, -0.05) is 109 Å². The minimum atomic E-state index is -0.555. The number of aromatic nitrogens is 3. The third-order valence-corrected chi connectivity index (χ3v) is 10.5. The molecule has 9 aromatic rings. The Kier molecular flexibility index (Phi) is 5.28. The number of hydrogen-bond donors (Lipinski definition) is 0. The van der Waals surface area contributed by atoms with Crippen molar-refractivity contribution in [3.05, 3.63) is 186 Å². The predicted molar refractivity (Wildman–Crippen MR) is 197 cm³/mol. The summed E-state index contributed by atoms with van der Waals surface area (Å²) in [5.74, 6) is 2.62. The van der Waals surface area contributed by atoms with Crippen molar-refractivity contribution in [1.82, 2.24) is 14.5 Å². The molecule has 4 heterocycles. The van der Waals surface area contributed by atoms with E-state index in [2.05, 4.69) is 156 Å². The SMILES string of the molecule is c1ccc(-c2cc(-n3c4ccccc4c4cc5c(cc43)C3(c4ccccc4Oc4ccccc43)c3ccccc3-5)nc3ncccc23)cc1. The minimum Gasteiger partial charge on any atom is -0.457 e. The van der Waals surface area contributed by atoms with Crippen molar-refractivity contribution >= 4 is 32.8 Å². The second-order valence-corrected chi connectivity index (χ2v) is 12.9. The van der Waals surface area contributed by atoms with Crippen LogP contribution in [0, 0.1) is 0 Å². The molecular formula is C45H27N3O. The maximum Gasteiger partial charge on any atom is 0.162 e. The molecule has 0 amide bonds.